The lowest BCUT2D eigenvalue weighted by atomic mass is 10.1. The van der Waals surface area contributed by atoms with Gasteiger partial charge in [-0.1, -0.05) is 15.9 Å². The van der Waals surface area contributed by atoms with Crippen molar-refractivity contribution < 1.29 is 19.1 Å². The molecule has 1 N–H and O–H groups in total. The van der Waals surface area contributed by atoms with Gasteiger partial charge in [0.2, 0.25) is 0 Å². The van der Waals surface area contributed by atoms with Gasteiger partial charge < -0.3 is 10.1 Å². The molecule has 0 spiro atoms. The molecule has 0 bridgehead atoms. The van der Waals surface area contributed by atoms with E-state index in [1.807, 2.05) is 12.1 Å². The number of ether oxygens (including phenoxy) is 1. The first-order valence-electron chi connectivity index (χ1n) is 7.56. The predicted molar refractivity (Wildman–Crippen MR) is 95.7 cm³/mol. The van der Waals surface area contributed by atoms with E-state index >= 15 is 0 Å². The van der Waals surface area contributed by atoms with Gasteiger partial charge in [0.1, 0.15) is 5.75 Å². The standard InChI is InChI=1S/C18H15BrN2O4/c1-10(25-13-6-3-11(19)4-7-13)16(22)20-12-5-8-14-15(9-12)18(24)21(2)17(14)23/h3-10H,1-2H3,(H,20,22). The minimum atomic E-state index is -0.727. The van der Waals surface area contributed by atoms with E-state index in [9.17, 15) is 14.4 Å². The fourth-order valence-electron chi connectivity index (χ4n) is 2.45. The number of benzene rings is 2. The molecule has 128 valence electrons. The van der Waals surface area contributed by atoms with Crippen molar-refractivity contribution in [2.75, 3.05) is 12.4 Å². The fourth-order valence-corrected chi connectivity index (χ4v) is 2.72. The van der Waals surface area contributed by atoms with Gasteiger partial charge in [-0.2, -0.15) is 0 Å². The fraction of sp³-hybridized carbons (Fsp3) is 0.167. The minimum Gasteiger partial charge on any atom is -0.481 e. The molecule has 0 saturated carbocycles. The first-order chi connectivity index (χ1) is 11.9. The van der Waals surface area contributed by atoms with Crippen molar-refractivity contribution in [1.29, 1.82) is 0 Å². The normalized spacial score (nSPS) is 14.3. The zero-order chi connectivity index (χ0) is 18.1. The highest BCUT2D eigenvalue weighted by Gasteiger charge is 2.32. The van der Waals surface area contributed by atoms with Crippen LogP contribution in [0.15, 0.2) is 46.9 Å². The summed E-state index contributed by atoms with van der Waals surface area (Å²) in [6, 6.07) is 11.8. The predicted octanol–water partition coefficient (Wildman–Crippen LogP) is 3.08. The van der Waals surface area contributed by atoms with E-state index in [4.69, 9.17) is 4.74 Å². The summed E-state index contributed by atoms with van der Waals surface area (Å²) in [6.45, 7) is 1.63. The number of hydrogen-bond donors (Lipinski definition) is 1. The van der Waals surface area contributed by atoms with Crippen LogP contribution in [0.4, 0.5) is 5.69 Å². The quantitative estimate of drug-likeness (QED) is 0.797. The monoisotopic (exact) mass is 402 g/mol. The summed E-state index contributed by atoms with van der Waals surface area (Å²) in [5.74, 6) is -0.504. The Kier molecular flexibility index (Phi) is 4.59. The first kappa shape index (κ1) is 17.2. The van der Waals surface area contributed by atoms with Gasteiger partial charge in [0, 0.05) is 17.2 Å². The molecule has 0 fully saturated rings. The Balaban J connectivity index is 1.70. The van der Waals surface area contributed by atoms with Crippen molar-refractivity contribution in [3.05, 3.63) is 58.1 Å². The maximum absolute atomic E-state index is 12.3. The average Bonchev–Trinajstić information content (AvgIpc) is 2.81. The molecule has 0 saturated heterocycles. The van der Waals surface area contributed by atoms with E-state index in [2.05, 4.69) is 21.2 Å². The molecule has 7 heteroatoms. The molecular formula is C18H15BrN2O4. The molecule has 0 aromatic heterocycles. The highest BCUT2D eigenvalue weighted by Crippen LogP contribution is 2.25. The van der Waals surface area contributed by atoms with Crippen LogP contribution in [0.5, 0.6) is 5.75 Å². The van der Waals surface area contributed by atoms with Gasteiger partial charge >= 0.3 is 0 Å². The molecule has 3 amide bonds. The molecule has 25 heavy (non-hydrogen) atoms. The maximum atomic E-state index is 12.3. The number of fused-ring (bicyclic) bond motifs is 1. The lowest BCUT2D eigenvalue weighted by Crippen LogP contribution is -2.30. The maximum Gasteiger partial charge on any atom is 0.265 e. The van der Waals surface area contributed by atoms with Crippen molar-refractivity contribution >= 4 is 39.3 Å². The number of nitrogens with one attached hydrogen (secondary N) is 1. The van der Waals surface area contributed by atoms with Crippen molar-refractivity contribution in [2.45, 2.75) is 13.0 Å². The summed E-state index contributed by atoms with van der Waals surface area (Å²) in [5.41, 5.74) is 1.06. The third kappa shape index (κ3) is 3.41. The van der Waals surface area contributed by atoms with Gasteiger partial charge in [-0.15, -0.1) is 0 Å². The molecule has 1 aliphatic rings. The molecular weight excluding hydrogens is 388 g/mol. The summed E-state index contributed by atoms with van der Waals surface area (Å²) < 4.78 is 6.51. The summed E-state index contributed by atoms with van der Waals surface area (Å²) in [5, 5.41) is 2.70. The van der Waals surface area contributed by atoms with Gasteiger partial charge in [0.05, 0.1) is 11.1 Å². The van der Waals surface area contributed by atoms with E-state index in [0.717, 1.165) is 9.37 Å². The number of imide groups is 1. The minimum absolute atomic E-state index is 0.284. The van der Waals surface area contributed by atoms with E-state index in [0.29, 0.717) is 17.0 Å². The van der Waals surface area contributed by atoms with Crippen LogP contribution >= 0.6 is 15.9 Å². The highest BCUT2D eigenvalue weighted by atomic mass is 79.9. The summed E-state index contributed by atoms with van der Waals surface area (Å²) in [7, 11) is 1.43. The molecule has 1 atom stereocenters. The van der Waals surface area contributed by atoms with Crippen LogP contribution in [0.3, 0.4) is 0 Å². The molecule has 0 radical (unpaired) electrons. The largest absolute Gasteiger partial charge is 0.481 e. The summed E-state index contributed by atoms with van der Waals surface area (Å²) in [6.07, 6.45) is -0.727. The van der Waals surface area contributed by atoms with Crippen LogP contribution in [-0.4, -0.2) is 35.8 Å². The van der Waals surface area contributed by atoms with E-state index in [1.165, 1.54) is 19.2 Å². The lowest BCUT2D eigenvalue weighted by Gasteiger charge is -2.15. The van der Waals surface area contributed by atoms with E-state index in [1.54, 1.807) is 25.1 Å². The number of carbonyl (C=O) groups excluding carboxylic acids is 3. The number of amides is 3. The van der Waals surface area contributed by atoms with Crippen LogP contribution in [0.25, 0.3) is 0 Å². The topological polar surface area (TPSA) is 75.7 Å². The second kappa shape index (κ2) is 6.68. The van der Waals surface area contributed by atoms with Crippen molar-refractivity contribution in [1.82, 2.24) is 4.90 Å². The number of nitrogens with zero attached hydrogens (tertiary/aromatic N) is 1. The molecule has 3 rings (SSSR count). The smallest absolute Gasteiger partial charge is 0.265 e. The second-order valence-corrected chi connectivity index (χ2v) is 6.55. The van der Waals surface area contributed by atoms with Crippen LogP contribution in [0.1, 0.15) is 27.6 Å². The summed E-state index contributed by atoms with van der Waals surface area (Å²) >= 11 is 3.33. The van der Waals surface area contributed by atoms with Gasteiger partial charge in [0.15, 0.2) is 6.10 Å². The molecule has 1 aliphatic heterocycles. The Bertz CT molecular complexity index is 864. The average molecular weight is 403 g/mol. The van der Waals surface area contributed by atoms with Crippen LogP contribution in [0, 0.1) is 0 Å². The van der Waals surface area contributed by atoms with Crippen molar-refractivity contribution in [2.24, 2.45) is 0 Å². The van der Waals surface area contributed by atoms with Gasteiger partial charge in [-0.3, -0.25) is 19.3 Å². The third-order valence-corrected chi connectivity index (χ3v) is 4.38. The van der Waals surface area contributed by atoms with Crippen LogP contribution in [-0.2, 0) is 4.79 Å². The van der Waals surface area contributed by atoms with Crippen LogP contribution < -0.4 is 10.1 Å². The van der Waals surface area contributed by atoms with Crippen molar-refractivity contribution in [3.63, 3.8) is 0 Å². The lowest BCUT2D eigenvalue weighted by molar-refractivity contribution is -0.122. The Labute approximate surface area is 152 Å². The zero-order valence-electron chi connectivity index (χ0n) is 13.6. The first-order valence-corrected chi connectivity index (χ1v) is 8.35. The SMILES string of the molecule is CC(Oc1ccc(Br)cc1)C(=O)Nc1ccc2c(c1)C(=O)N(C)C2=O. The van der Waals surface area contributed by atoms with Crippen LogP contribution in [0.2, 0.25) is 0 Å². The van der Waals surface area contributed by atoms with Gasteiger partial charge in [-0.05, 0) is 49.4 Å². The molecule has 1 heterocycles. The second-order valence-electron chi connectivity index (χ2n) is 5.63. The molecule has 0 aliphatic carbocycles. The molecule has 2 aromatic carbocycles. The van der Waals surface area contributed by atoms with Gasteiger partial charge in [-0.25, -0.2) is 0 Å². The summed E-state index contributed by atoms with van der Waals surface area (Å²) in [4.78, 5) is 37.2. The van der Waals surface area contributed by atoms with E-state index < -0.39 is 6.10 Å². The Morgan fingerprint density at radius 3 is 2.40 bits per heavy atom. The van der Waals surface area contributed by atoms with E-state index in [-0.39, 0.29) is 23.3 Å². The number of halogens is 1. The zero-order valence-corrected chi connectivity index (χ0v) is 15.2. The highest BCUT2D eigenvalue weighted by molar-refractivity contribution is 9.10. The third-order valence-electron chi connectivity index (χ3n) is 3.85. The number of rotatable bonds is 4. The molecule has 2 aromatic rings. The Morgan fingerprint density at radius 2 is 1.72 bits per heavy atom. The Hall–Kier alpha value is -2.67. The number of hydrogen-bond acceptors (Lipinski definition) is 4. The molecule has 6 nitrogen and oxygen atoms in total. The molecule has 1 unspecified atom stereocenters. The Morgan fingerprint density at radius 1 is 1.08 bits per heavy atom. The van der Waals surface area contributed by atoms with Crippen molar-refractivity contribution in [3.8, 4) is 5.75 Å². The number of carbonyl (C=O) groups is 3. The van der Waals surface area contributed by atoms with Gasteiger partial charge in [0.25, 0.3) is 17.7 Å². The number of anilines is 1.